The molecule has 1 heterocycles. The van der Waals surface area contributed by atoms with Crippen LogP contribution in [0, 0.1) is 4.91 Å². The SMILES string of the molecule is CC.CC(C)c1ccc(N(N=O)C2CCC(=O)NC2=O)c(NCC(F)(F)F)c1. The predicted octanol–water partition coefficient (Wildman–Crippen LogP) is 4.10. The Morgan fingerprint density at radius 2 is 1.93 bits per heavy atom. The molecule has 2 amide bonds. The molecular weight excluding hydrogens is 377 g/mol. The molecule has 156 valence electrons. The summed E-state index contributed by atoms with van der Waals surface area (Å²) in [5, 5.41) is 8.00. The number of nitrogens with one attached hydrogen (secondary N) is 2. The van der Waals surface area contributed by atoms with Crippen molar-refractivity contribution in [2.45, 2.75) is 58.7 Å². The lowest BCUT2D eigenvalue weighted by molar-refractivity contribution is -0.134. The number of amides is 2. The van der Waals surface area contributed by atoms with Crippen LogP contribution in [-0.2, 0) is 9.59 Å². The third-order valence-electron chi connectivity index (χ3n) is 4.01. The average molecular weight is 402 g/mol. The second-order valence-electron chi connectivity index (χ2n) is 6.29. The number of hydrogen-bond acceptors (Lipinski definition) is 5. The Morgan fingerprint density at radius 1 is 1.29 bits per heavy atom. The van der Waals surface area contributed by atoms with Crippen molar-refractivity contribution in [2.24, 2.45) is 5.29 Å². The van der Waals surface area contributed by atoms with Crippen LogP contribution in [0.5, 0.6) is 0 Å². The highest BCUT2D eigenvalue weighted by molar-refractivity contribution is 6.02. The number of carbonyl (C=O) groups is 2. The number of rotatable bonds is 6. The van der Waals surface area contributed by atoms with Crippen LogP contribution in [0.15, 0.2) is 23.5 Å². The Balaban J connectivity index is 0.00000190. The van der Waals surface area contributed by atoms with Crippen molar-refractivity contribution in [2.75, 3.05) is 16.9 Å². The topological polar surface area (TPSA) is 90.9 Å². The molecule has 0 radical (unpaired) electrons. The maximum Gasteiger partial charge on any atom is 0.405 e. The number of hydrogen-bond donors (Lipinski definition) is 2. The average Bonchev–Trinajstić information content (AvgIpc) is 2.63. The first-order chi connectivity index (χ1) is 13.1. The summed E-state index contributed by atoms with van der Waals surface area (Å²) >= 11 is 0. The molecule has 1 atom stereocenters. The first-order valence-electron chi connectivity index (χ1n) is 9.03. The third-order valence-corrected chi connectivity index (χ3v) is 4.01. The van der Waals surface area contributed by atoms with E-state index in [1.54, 1.807) is 6.07 Å². The van der Waals surface area contributed by atoms with E-state index in [4.69, 9.17) is 0 Å². The fourth-order valence-electron chi connectivity index (χ4n) is 2.63. The van der Waals surface area contributed by atoms with E-state index in [0.717, 1.165) is 10.6 Å². The lowest BCUT2D eigenvalue weighted by Crippen LogP contribution is -2.51. The van der Waals surface area contributed by atoms with E-state index in [2.05, 4.69) is 15.9 Å². The van der Waals surface area contributed by atoms with E-state index in [1.807, 2.05) is 27.7 Å². The van der Waals surface area contributed by atoms with Gasteiger partial charge < -0.3 is 5.32 Å². The zero-order chi connectivity index (χ0) is 21.5. The minimum absolute atomic E-state index is 0.0117. The molecule has 0 aromatic heterocycles. The fraction of sp³-hybridized carbons (Fsp3) is 0.556. The van der Waals surface area contributed by atoms with Crippen LogP contribution >= 0.6 is 0 Å². The number of benzene rings is 1. The molecule has 1 aromatic carbocycles. The number of anilines is 2. The Bertz CT molecular complexity index is 708. The van der Waals surface area contributed by atoms with Crippen LogP contribution in [0.25, 0.3) is 0 Å². The zero-order valence-electron chi connectivity index (χ0n) is 16.3. The second kappa shape index (κ2) is 10.0. The van der Waals surface area contributed by atoms with Crippen molar-refractivity contribution in [3.63, 3.8) is 0 Å². The van der Waals surface area contributed by atoms with Gasteiger partial charge in [0.2, 0.25) is 5.91 Å². The number of imide groups is 1. The van der Waals surface area contributed by atoms with Crippen LogP contribution < -0.4 is 15.6 Å². The number of alkyl halides is 3. The minimum Gasteiger partial charge on any atom is -0.375 e. The van der Waals surface area contributed by atoms with Gasteiger partial charge in [-0.15, -0.1) is 4.91 Å². The summed E-state index contributed by atoms with van der Waals surface area (Å²) in [4.78, 5) is 34.6. The van der Waals surface area contributed by atoms with Gasteiger partial charge in [0.15, 0.2) is 0 Å². The molecule has 1 aliphatic heterocycles. The first-order valence-corrected chi connectivity index (χ1v) is 9.03. The first kappa shape index (κ1) is 23.4. The minimum atomic E-state index is -4.46. The van der Waals surface area contributed by atoms with Gasteiger partial charge in [0.05, 0.1) is 16.7 Å². The smallest absolute Gasteiger partial charge is 0.375 e. The summed E-state index contributed by atoms with van der Waals surface area (Å²) in [6.45, 7) is 6.44. The zero-order valence-corrected chi connectivity index (χ0v) is 16.3. The van der Waals surface area contributed by atoms with E-state index in [9.17, 15) is 27.7 Å². The standard InChI is InChI=1S/C16H19F3N4O3.C2H6/c1-9(2)10-3-4-12(11(7-10)20-8-16(17,18)19)23(22-26)13-5-6-14(24)21-15(13)25;1-2/h3-4,7,9,13,20H,5-6,8H2,1-2H3,(H,21,24,25);1-2H3. The Kier molecular flexibility index (Phi) is 8.39. The lowest BCUT2D eigenvalue weighted by Gasteiger charge is -2.30. The van der Waals surface area contributed by atoms with Crippen molar-refractivity contribution < 1.29 is 22.8 Å². The molecule has 1 saturated heterocycles. The number of halogens is 3. The summed E-state index contributed by atoms with van der Waals surface area (Å²) in [5.41, 5.74) is 0.841. The molecule has 0 aliphatic carbocycles. The molecule has 1 unspecified atom stereocenters. The molecular formula is C18H25F3N4O3. The summed E-state index contributed by atoms with van der Waals surface area (Å²) < 4.78 is 37.8. The van der Waals surface area contributed by atoms with E-state index in [-0.39, 0.29) is 30.1 Å². The maximum absolute atomic E-state index is 12.6. The molecule has 1 fully saturated rings. The van der Waals surface area contributed by atoms with Crippen molar-refractivity contribution in [1.82, 2.24) is 5.32 Å². The van der Waals surface area contributed by atoms with Crippen LogP contribution in [0.3, 0.4) is 0 Å². The van der Waals surface area contributed by atoms with Crippen molar-refractivity contribution in [1.29, 1.82) is 0 Å². The molecule has 0 spiro atoms. The highest BCUT2D eigenvalue weighted by Gasteiger charge is 2.35. The summed E-state index contributed by atoms with van der Waals surface area (Å²) in [6, 6.07) is 3.53. The summed E-state index contributed by atoms with van der Waals surface area (Å²) in [5.74, 6) is -1.14. The van der Waals surface area contributed by atoms with E-state index >= 15 is 0 Å². The molecule has 0 saturated carbocycles. The van der Waals surface area contributed by atoms with E-state index in [1.165, 1.54) is 12.1 Å². The van der Waals surface area contributed by atoms with Gasteiger partial charge >= 0.3 is 6.18 Å². The highest BCUT2D eigenvalue weighted by Crippen LogP contribution is 2.33. The molecule has 28 heavy (non-hydrogen) atoms. The molecule has 1 aromatic rings. The molecule has 1 aliphatic rings. The normalized spacial score (nSPS) is 16.8. The van der Waals surface area contributed by atoms with E-state index < -0.39 is 30.6 Å². The van der Waals surface area contributed by atoms with Gasteiger partial charge in [0.1, 0.15) is 12.6 Å². The lowest BCUT2D eigenvalue weighted by atomic mass is 10.0. The number of piperidine rings is 1. The van der Waals surface area contributed by atoms with Crippen LogP contribution in [0.2, 0.25) is 0 Å². The molecule has 10 heteroatoms. The number of nitrogens with zero attached hydrogens (tertiary/aromatic N) is 2. The third kappa shape index (κ3) is 6.21. The van der Waals surface area contributed by atoms with Gasteiger partial charge in [-0.2, -0.15) is 13.2 Å². The van der Waals surface area contributed by atoms with Crippen LogP contribution in [-0.4, -0.2) is 30.6 Å². The summed E-state index contributed by atoms with van der Waals surface area (Å²) in [7, 11) is 0. The van der Waals surface area contributed by atoms with Gasteiger partial charge in [-0.1, -0.05) is 33.8 Å². The van der Waals surface area contributed by atoms with Gasteiger partial charge in [-0.25, -0.2) is 5.01 Å². The van der Waals surface area contributed by atoms with Gasteiger partial charge in [-0.05, 0) is 30.0 Å². The predicted molar refractivity (Wildman–Crippen MR) is 101 cm³/mol. The largest absolute Gasteiger partial charge is 0.405 e. The van der Waals surface area contributed by atoms with Gasteiger partial charge in [0, 0.05) is 6.42 Å². The molecule has 2 rings (SSSR count). The van der Waals surface area contributed by atoms with Crippen molar-refractivity contribution in [3.8, 4) is 0 Å². The van der Waals surface area contributed by atoms with Gasteiger partial charge in [-0.3, -0.25) is 14.9 Å². The second-order valence-corrected chi connectivity index (χ2v) is 6.29. The Hall–Kier alpha value is -2.65. The molecule has 0 bridgehead atoms. The Labute approximate surface area is 161 Å². The van der Waals surface area contributed by atoms with Crippen LogP contribution in [0.4, 0.5) is 24.5 Å². The fourth-order valence-corrected chi connectivity index (χ4v) is 2.63. The maximum atomic E-state index is 12.6. The molecule has 7 nitrogen and oxygen atoms in total. The monoisotopic (exact) mass is 402 g/mol. The Morgan fingerprint density at radius 3 is 2.43 bits per heavy atom. The number of carbonyl (C=O) groups excluding carboxylic acids is 2. The molecule has 2 N–H and O–H groups in total. The quantitative estimate of drug-likeness (QED) is 0.425. The van der Waals surface area contributed by atoms with Crippen molar-refractivity contribution in [3.05, 3.63) is 28.7 Å². The van der Waals surface area contributed by atoms with Gasteiger partial charge in [0.25, 0.3) is 5.91 Å². The van der Waals surface area contributed by atoms with E-state index in [0.29, 0.717) is 0 Å². The summed E-state index contributed by atoms with van der Waals surface area (Å²) in [6.07, 6.45) is -4.40. The van der Waals surface area contributed by atoms with Crippen LogP contribution in [0.1, 0.15) is 52.0 Å². The highest BCUT2D eigenvalue weighted by atomic mass is 19.4. The van der Waals surface area contributed by atoms with Crippen molar-refractivity contribution >= 4 is 23.2 Å². The number of nitroso groups, excluding NO2 is 1.